The largest absolute Gasteiger partial charge is 0.480 e. The van der Waals surface area contributed by atoms with Crippen LogP contribution in [0.5, 0.6) is 0 Å². The Morgan fingerprint density at radius 1 is 1.33 bits per heavy atom. The third-order valence-corrected chi connectivity index (χ3v) is 3.53. The molecule has 0 radical (unpaired) electrons. The number of rotatable bonds is 3. The van der Waals surface area contributed by atoms with Gasteiger partial charge in [0.25, 0.3) is 0 Å². The number of carbonyl (C=O) groups excluding carboxylic acids is 1. The van der Waals surface area contributed by atoms with Crippen LogP contribution < -0.4 is 5.32 Å². The maximum Gasteiger partial charge on any atom is 0.408 e. The van der Waals surface area contributed by atoms with Gasteiger partial charge in [-0.25, -0.2) is 14.0 Å². The highest BCUT2D eigenvalue weighted by molar-refractivity contribution is 5.81. The summed E-state index contributed by atoms with van der Waals surface area (Å²) in [5.41, 5.74) is -2.49. The lowest BCUT2D eigenvalue weighted by Crippen LogP contribution is -2.73. The summed E-state index contributed by atoms with van der Waals surface area (Å²) in [5, 5.41) is 11.5. The average molecular weight is 259 g/mol. The highest BCUT2D eigenvalue weighted by Crippen LogP contribution is 2.70. The second-order valence-corrected chi connectivity index (χ2v) is 6.46. The normalized spacial score (nSPS) is 34.9. The molecule has 0 spiro atoms. The van der Waals surface area contributed by atoms with Gasteiger partial charge in [-0.2, -0.15) is 0 Å². The number of nitrogens with one attached hydrogen (secondary N) is 1. The van der Waals surface area contributed by atoms with Crippen LogP contribution in [0.15, 0.2) is 0 Å². The molecule has 3 aliphatic carbocycles. The molecular weight excluding hydrogens is 241 g/mol. The zero-order chi connectivity index (χ0) is 13.8. The zero-order valence-electron chi connectivity index (χ0n) is 10.7. The van der Waals surface area contributed by atoms with Crippen molar-refractivity contribution in [3.05, 3.63) is 0 Å². The minimum atomic E-state index is -1.19. The van der Waals surface area contributed by atoms with Crippen molar-refractivity contribution >= 4 is 12.1 Å². The second-order valence-electron chi connectivity index (χ2n) is 6.46. The standard InChI is InChI=1S/C12H18FNO4/c1-10(2,3)18-9(17)14-7(8(15)16)11-4-12(13,5-11)6-11/h7H,4-6H2,1-3H3,(H,14,17)(H,15,16)/t7-,11?,12?/m0/s1. The van der Waals surface area contributed by atoms with Gasteiger partial charge < -0.3 is 15.2 Å². The maximum atomic E-state index is 13.4. The van der Waals surface area contributed by atoms with Gasteiger partial charge in [-0.15, -0.1) is 0 Å². The molecule has 18 heavy (non-hydrogen) atoms. The van der Waals surface area contributed by atoms with Crippen molar-refractivity contribution in [3.8, 4) is 0 Å². The summed E-state index contributed by atoms with van der Waals surface area (Å²) in [7, 11) is 0. The van der Waals surface area contributed by atoms with Gasteiger partial charge in [0, 0.05) is 5.41 Å². The third kappa shape index (κ3) is 2.15. The van der Waals surface area contributed by atoms with Crippen LogP contribution in [0, 0.1) is 5.41 Å². The Kier molecular flexibility index (Phi) is 2.61. The third-order valence-electron chi connectivity index (χ3n) is 3.53. The van der Waals surface area contributed by atoms with Crippen LogP contribution in [-0.2, 0) is 9.53 Å². The fraction of sp³-hybridized carbons (Fsp3) is 0.833. The molecule has 3 rings (SSSR count). The highest BCUT2D eigenvalue weighted by Gasteiger charge is 2.73. The molecule has 0 aromatic heterocycles. The fourth-order valence-corrected chi connectivity index (χ4v) is 2.95. The monoisotopic (exact) mass is 259 g/mol. The molecule has 0 unspecified atom stereocenters. The van der Waals surface area contributed by atoms with Gasteiger partial charge in [-0.05, 0) is 40.0 Å². The van der Waals surface area contributed by atoms with E-state index >= 15 is 0 Å². The number of carbonyl (C=O) groups is 2. The Hall–Kier alpha value is -1.33. The van der Waals surface area contributed by atoms with E-state index in [4.69, 9.17) is 9.84 Å². The number of hydrogen-bond donors (Lipinski definition) is 2. The second kappa shape index (κ2) is 3.59. The van der Waals surface area contributed by atoms with E-state index in [1.165, 1.54) is 0 Å². The van der Waals surface area contributed by atoms with E-state index in [1.807, 2.05) is 0 Å². The van der Waals surface area contributed by atoms with Gasteiger partial charge in [0.2, 0.25) is 0 Å². The van der Waals surface area contributed by atoms with Gasteiger partial charge in [0.1, 0.15) is 17.3 Å². The van der Waals surface area contributed by atoms with Crippen molar-refractivity contribution in [1.29, 1.82) is 0 Å². The molecule has 6 heteroatoms. The van der Waals surface area contributed by atoms with Crippen molar-refractivity contribution in [2.45, 2.75) is 57.3 Å². The van der Waals surface area contributed by atoms with Gasteiger partial charge in [0.15, 0.2) is 0 Å². The molecule has 0 aromatic carbocycles. The molecule has 3 saturated carbocycles. The highest BCUT2D eigenvalue weighted by atomic mass is 19.1. The van der Waals surface area contributed by atoms with Crippen molar-refractivity contribution in [2.75, 3.05) is 0 Å². The van der Waals surface area contributed by atoms with Gasteiger partial charge >= 0.3 is 12.1 Å². The number of amides is 1. The van der Waals surface area contributed by atoms with Crippen LogP contribution in [0.25, 0.3) is 0 Å². The van der Waals surface area contributed by atoms with Crippen molar-refractivity contribution in [2.24, 2.45) is 5.41 Å². The van der Waals surface area contributed by atoms with Crippen LogP contribution in [-0.4, -0.2) is 34.5 Å². The topological polar surface area (TPSA) is 75.6 Å². The molecule has 102 valence electrons. The summed E-state index contributed by atoms with van der Waals surface area (Å²) in [6.45, 7) is 5.08. The number of aliphatic carboxylic acids is 1. The lowest BCUT2D eigenvalue weighted by molar-refractivity contribution is -0.230. The molecule has 0 saturated heterocycles. The molecule has 0 heterocycles. The first kappa shape index (κ1) is 13.1. The van der Waals surface area contributed by atoms with E-state index in [9.17, 15) is 14.0 Å². The first-order chi connectivity index (χ1) is 8.05. The van der Waals surface area contributed by atoms with Gasteiger partial charge in [0.05, 0.1) is 0 Å². The average Bonchev–Trinajstić information content (AvgIpc) is 2.04. The molecule has 0 aliphatic heterocycles. The Labute approximate surface area is 105 Å². The van der Waals surface area contributed by atoms with E-state index in [1.54, 1.807) is 20.8 Å². The quantitative estimate of drug-likeness (QED) is 0.811. The molecule has 5 nitrogen and oxygen atoms in total. The summed E-state index contributed by atoms with van der Waals surface area (Å²) in [6.07, 6.45) is -0.126. The minimum absolute atomic E-state index is 0.215. The number of alkyl halides is 1. The van der Waals surface area contributed by atoms with Crippen molar-refractivity contribution in [3.63, 3.8) is 0 Å². The van der Waals surface area contributed by atoms with E-state index in [0.29, 0.717) is 0 Å². The lowest BCUT2D eigenvalue weighted by Gasteiger charge is -2.67. The van der Waals surface area contributed by atoms with E-state index in [-0.39, 0.29) is 19.3 Å². The summed E-state index contributed by atoms with van der Waals surface area (Å²) in [4.78, 5) is 22.7. The van der Waals surface area contributed by atoms with Gasteiger partial charge in [-0.1, -0.05) is 0 Å². The number of hydrogen-bond acceptors (Lipinski definition) is 3. The smallest absolute Gasteiger partial charge is 0.408 e. The van der Waals surface area contributed by atoms with Crippen LogP contribution in [0.4, 0.5) is 9.18 Å². The summed E-state index contributed by atoms with van der Waals surface area (Å²) < 4.78 is 18.4. The Balaban J connectivity index is 1.97. The van der Waals surface area contributed by atoms with E-state index in [0.717, 1.165) is 0 Å². The van der Waals surface area contributed by atoms with E-state index < -0.39 is 34.8 Å². The number of alkyl carbamates (subject to hydrolysis) is 1. The predicted octanol–water partition coefficient (Wildman–Crippen LogP) is 1.86. The molecule has 1 amide bonds. The van der Waals surface area contributed by atoms with Crippen LogP contribution in [0.1, 0.15) is 40.0 Å². The molecule has 0 aromatic rings. The first-order valence-corrected chi connectivity index (χ1v) is 5.97. The molecule has 1 atom stereocenters. The van der Waals surface area contributed by atoms with Crippen molar-refractivity contribution < 1.29 is 23.8 Å². The van der Waals surface area contributed by atoms with Crippen LogP contribution >= 0.6 is 0 Å². The summed E-state index contributed by atoms with van der Waals surface area (Å²) >= 11 is 0. The SMILES string of the molecule is CC(C)(C)OC(=O)N[C@@H](C(=O)O)C12CC(F)(C1)C2. The summed E-state index contributed by atoms with van der Waals surface area (Å²) in [6, 6.07) is -1.06. The summed E-state index contributed by atoms with van der Waals surface area (Å²) in [5.74, 6) is -1.14. The predicted molar refractivity (Wildman–Crippen MR) is 60.9 cm³/mol. The first-order valence-electron chi connectivity index (χ1n) is 5.97. The Morgan fingerprint density at radius 3 is 2.17 bits per heavy atom. The Morgan fingerprint density at radius 2 is 1.83 bits per heavy atom. The van der Waals surface area contributed by atoms with Crippen molar-refractivity contribution in [1.82, 2.24) is 5.32 Å². The number of halogens is 1. The molecular formula is C12H18FNO4. The lowest BCUT2D eigenvalue weighted by atomic mass is 9.40. The molecule has 2 N–H and O–H groups in total. The molecule has 2 bridgehead atoms. The number of carboxylic acids is 1. The minimum Gasteiger partial charge on any atom is -0.480 e. The maximum absolute atomic E-state index is 13.4. The van der Waals surface area contributed by atoms with Crippen LogP contribution in [0.2, 0.25) is 0 Å². The molecule has 3 aliphatic rings. The fourth-order valence-electron chi connectivity index (χ4n) is 2.95. The number of ether oxygens (including phenoxy) is 1. The molecule has 3 fully saturated rings. The van der Waals surface area contributed by atoms with Crippen LogP contribution in [0.3, 0.4) is 0 Å². The van der Waals surface area contributed by atoms with E-state index in [2.05, 4.69) is 5.32 Å². The Bertz CT molecular complexity index is 382. The van der Waals surface area contributed by atoms with Gasteiger partial charge in [-0.3, -0.25) is 0 Å². The number of carboxylic acid groups (broad SMARTS) is 1. The zero-order valence-corrected chi connectivity index (χ0v) is 10.7.